The molecule has 0 bridgehead atoms. The van der Waals surface area contributed by atoms with Crippen molar-refractivity contribution in [3.05, 3.63) is 64.1 Å². The van der Waals surface area contributed by atoms with Gasteiger partial charge in [0.1, 0.15) is 5.75 Å². The molecule has 0 atom stereocenters. The van der Waals surface area contributed by atoms with Gasteiger partial charge < -0.3 is 4.74 Å². The summed E-state index contributed by atoms with van der Waals surface area (Å²) in [6, 6.07) is 14.9. The molecule has 114 valence electrons. The Bertz CT molecular complexity index is 664. The zero-order valence-corrected chi connectivity index (χ0v) is 14.1. The Morgan fingerprint density at radius 2 is 1.77 bits per heavy atom. The summed E-state index contributed by atoms with van der Waals surface area (Å²) in [6.07, 6.45) is 0.671. The first-order valence-electron chi connectivity index (χ1n) is 6.80. The minimum atomic E-state index is -0.221. The largest absolute Gasteiger partial charge is 0.497 e. The van der Waals surface area contributed by atoms with Gasteiger partial charge in [-0.2, -0.15) is 5.10 Å². The predicted molar refractivity (Wildman–Crippen MR) is 91.4 cm³/mol. The molecule has 0 unspecified atom stereocenters. The lowest BCUT2D eigenvalue weighted by Crippen LogP contribution is -2.19. The lowest BCUT2D eigenvalue weighted by Gasteiger charge is -2.05. The van der Waals surface area contributed by atoms with Crippen molar-refractivity contribution in [1.29, 1.82) is 0 Å². The first-order valence-corrected chi connectivity index (χ1v) is 7.60. The highest BCUT2D eigenvalue weighted by Crippen LogP contribution is 2.12. The van der Waals surface area contributed by atoms with Gasteiger partial charge in [-0.15, -0.1) is 0 Å². The second kappa shape index (κ2) is 7.75. The number of hydrogen-bond donors (Lipinski definition) is 1. The Morgan fingerprint density at radius 1 is 1.14 bits per heavy atom. The molecular formula is C17H17BrN2O2. The molecule has 0 fully saturated rings. The monoisotopic (exact) mass is 360 g/mol. The van der Waals surface area contributed by atoms with Crippen molar-refractivity contribution in [3.8, 4) is 5.75 Å². The molecule has 4 nitrogen and oxygen atoms in total. The molecule has 0 saturated carbocycles. The number of benzene rings is 2. The summed E-state index contributed by atoms with van der Waals surface area (Å²) < 4.78 is 6.05. The van der Waals surface area contributed by atoms with Crippen molar-refractivity contribution in [2.24, 2.45) is 5.10 Å². The highest BCUT2D eigenvalue weighted by Gasteiger charge is 2.04. The van der Waals surface area contributed by atoms with Gasteiger partial charge in [0, 0.05) is 22.2 Å². The average Bonchev–Trinajstić information content (AvgIpc) is 2.54. The van der Waals surface area contributed by atoms with Crippen LogP contribution in [0.1, 0.15) is 22.8 Å². The van der Waals surface area contributed by atoms with Crippen molar-refractivity contribution < 1.29 is 9.53 Å². The van der Waals surface area contributed by atoms with Crippen LogP contribution < -0.4 is 10.2 Å². The lowest BCUT2D eigenvalue weighted by atomic mass is 10.1. The Labute approximate surface area is 138 Å². The molecule has 2 aromatic rings. The van der Waals surface area contributed by atoms with Crippen molar-refractivity contribution in [2.75, 3.05) is 7.11 Å². The molecule has 1 N–H and O–H groups in total. The molecule has 0 heterocycles. The van der Waals surface area contributed by atoms with Crippen LogP contribution in [0.25, 0.3) is 0 Å². The third-order valence-electron chi connectivity index (χ3n) is 3.07. The summed E-state index contributed by atoms with van der Waals surface area (Å²) in [6.45, 7) is 1.88. The van der Waals surface area contributed by atoms with E-state index in [2.05, 4.69) is 26.5 Å². The van der Waals surface area contributed by atoms with Crippen LogP contribution in [0, 0.1) is 0 Å². The van der Waals surface area contributed by atoms with Gasteiger partial charge in [-0.1, -0.05) is 28.1 Å². The number of nitrogens with zero attached hydrogens (tertiary/aromatic N) is 1. The van der Waals surface area contributed by atoms with E-state index in [1.807, 2.05) is 43.3 Å². The van der Waals surface area contributed by atoms with Gasteiger partial charge in [-0.05, 0) is 48.9 Å². The number of rotatable bonds is 5. The first-order chi connectivity index (χ1) is 10.6. The number of nitrogens with one attached hydrogen (secondary N) is 1. The molecule has 0 aliphatic heterocycles. The lowest BCUT2D eigenvalue weighted by molar-refractivity contribution is 0.0954. The fourth-order valence-corrected chi connectivity index (χ4v) is 2.15. The Hall–Kier alpha value is -2.14. The highest BCUT2D eigenvalue weighted by molar-refractivity contribution is 9.10. The molecule has 2 rings (SSSR count). The summed E-state index contributed by atoms with van der Waals surface area (Å²) in [4.78, 5) is 11.9. The molecule has 0 aromatic heterocycles. The smallest absolute Gasteiger partial charge is 0.271 e. The minimum Gasteiger partial charge on any atom is -0.497 e. The minimum absolute atomic E-state index is 0.221. The number of carbonyl (C=O) groups excluding carboxylic acids is 1. The second-order valence-corrected chi connectivity index (χ2v) is 5.74. The zero-order chi connectivity index (χ0) is 15.9. The fourth-order valence-electron chi connectivity index (χ4n) is 1.89. The van der Waals surface area contributed by atoms with Gasteiger partial charge in [0.05, 0.1) is 7.11 Å². The van der Waals surface area contributed by atoms with E-state index in [0.29, 0.717) is 12.0 Å². The topological polar surface area (TPSA) is 50.7 Å². The maximum Gasteiger partial charge on any atom is 0.271 e. The summed E-state index contributed by atoms with van der Waals surface area (Å²) in [5.41, 5.74) is 5.08. The summed E-state index contributed by atoms with van der Waals surface area (Å²) >= 11 is 3.34. The molecule has 2 aromatic carbocycles. The number of halogens is 1. The first kappa shape index (κ1) is 16.2. The second-order valence-electron chi connectivity index (χ2n) is 4.82. The number of carbonyl (C=O) groups is 1. The van der Waals surface area contributed by atoms with E-state index in [0.717, 1.165) is 21.5 Å². The number of methoxy groups -OCH3 is 1. The van der Waals surface area contributed by atoms with Gasteiger partial charge >= 0.3 is 0 Å². The van der Waals surface area contributed by atoms with Crippen LogP contribution in [0.4, 0.5) is 0 Å². The molecule has 0 aliphatic rings. The predicted octanol–water partition coefficient (Wildman–Crippen LogP) is 3.81. The standard InChI is InChI=1S/C17H17BrN2O2/c1-12(11-13-3-9-16(22-2)10-4-13)19-20-17(21)14-5-7-15(18)8-6-14/h3-10H,11H2,1-2H3,(H,20,21)/b19-12+. The molecule has 5 heteroatoms. The van der Waals surface area contributed by atoms with Crippen LogP contribution in [0.3, 0.4) is 0 Å². The van der Waals surface area contributed by atoms with Crippen molar-refractivity contribution in [3.63, 3.8) is 0 Å². The van der Waals surface area contributed by atoms with E-state index in [9.17, 15) is 4.79 Å². The quantitative estimate of drug-likeness (QED) is 0.651. The maximum atomic E-state index is 11.9. The number of hydrazone groups is 1. The van der Waals surface area contributed by atoms with Crippen molar-refractivity contribution in [1.82, 2.24) is 5.43 Å². The van der Waals surface area contributed by atoms with Crippen LogP contribution in [0.5, 0.6) is 5.75 Å². The molecule has 22 heavy (non-hydrogen) atoms. The average molecular weight is 361 g/mol. The van der Waals surface area contributed by atoms with Crippen molar-refractivity contribution in [2.45, 2.75) is 13.3 Å². The van der Waals surface area contributed by atoms with Gasteiger partial charge in [0.15, 0.2) is 0 Å². The fraction of sp³-hybridized carbons (Fsp3) is 0.176. The summed E-state index contributed by atoms with van der Waals surface area (Å²) in [7, 11) is 1.64. The molecule has 1 amide bonds. The number of hydrogen-bond acceptors (Lipinski definition) is 3. The number of amides is 1. The Balaban J connectivity index is 1.94. The number of ether oxygens (including phenoxy) is 1. The van der Waals surface area contributed by atoms with Crippen LogP contribution in [0.2, 0.25) is 0 Å². The van der Waals surface area contributed by atoms with E-state index in [1.54, 1.807) is 19.2 Å². The van der Waals surface area contributed by atoms with Crippen LogP contribution in [-0.4, -0.2) is 18.7 Å². The summed E-state index contributed by atoms with van der Waals surface area (Å²) in [5, 5.41) is 4.13. The Kier molecular flexibility index (Phi) is 5.72. The van der Waals surface area contributed by atoms with Gasteiger partial charge in [-0.3, -0.25) is 4.79 Å². The SMILES string of the molecule is COc1ccc(C/C(C)=N/NC(=O)c2ccc(Br)cc2)cc1. The van der Waals surface area contributed by atoms with E-state index in [-0.39, 0.29) is 5.91 Å². The van der Waals surface area contributed by atoms with E-state index < -0.39 is 0 Å². The molecule has 0 radical (unpaired) electrons. The molecule has 0 spiro atoms. The van der Waals surface area contributed by atoms with Gasteiger partial charge in [0.25, 0.3) is 5.91 Å². The third-order valence-corrected chi connectivity index (χ3v) is 3.60. The van der Waals surface area contributed by atoms with Gasteiger partial charge in [0.2, 0.25) is 0 Å². The van der Waals surface area contributed by atoms with Crippen molar-refractivity contribution >= 4 is 27.5 Å². The van der Waals surface area contributed by atoms with Crippen LogP contribution in [-0.2, 0) is 6.42 Å². The van der Waals surface area contributed by atoms with Crippen LogP contribution in [0.15, 0.2) is 58.1 Å². The molecule has 0 saturated heterocycles. The maximum absolute atomic E-state index is 11.9. The normalized spacial score (nSPS) is 11.1. The zero-order valence-electron chi connectivity index (χ0n) is 12.5. The van der Waals surface area contributed by atoms with E-state index >= 15 is 0 Å². The van der Waals surface area contributed by atoms with E-state index in [1.165, 1.54) is 0 Å². The third kappa shape index (κ3) is 4.70. The Morgan fingerprint density at radius 3 is 2.36 bits per heavy atom. The summed E-state index contributed by atoms with van der Waals surface area (Å²) in [5.74, 6) is 0.600. The highest BCUT2D eigenvalue weighted by atomic mass is 79.9. The van der Waals surface area contributed by atoms with Crippen LogP contribution >= 0.6 is 15.9 Å². The molecular weight excluding hydrogens is 344 g/mol. The molecule has 0 aliphatic carbocycles. The van der Waals surface area contributed by atoms with E-state index in [4.69, 9.17) is 4.74 Å². The van der Waals surface area contributed by atoms with Gasteiger partial charge in [-0.25, -0.2) is 5.43 Å².